The maximum Gasteiger partial charge on any atom is 0.175 e. The second kappa shape index (κ2) is 6.11. The molecule has 0 aliphatic carbocycles. The number of hydrazine groups is 1. The number of ether oxygens (including phenoxy) is 2. The molecular weight excluding hydrogens is 308 g/mol. The molecule has 2 aliphatic heterocycles. The summed E-state index contributed by atoms with van der Waals surface area (Å²) in [5.41, 5.74) is 4.70. The zero-order valence-electron chi connectivity index (χ0n) is 11.0. The number of hydrogen-bond donors (Lipinski definition) is 1. The maximum absolute atomic E-state index is 5.64. The van der Waals surface area contributed by atoms with Gasteiger partial charge in [-0.2, -0.15) is 0 Å². The number of fused-ring (bicyclic) bond motifs is 1. The summed E-state index contributed by atoms with van der Waals surface area (Å²) in [6, 6.07) is 4.17. The zero-order chi connectivity index (χ0) is 13.1. The van der Waals surface area contributed by atoms with Crippen molar-refractivity contribution in [2.75, 3.05) is 26.3 Å². The molecule has 1 saturated heterocycles. The molecule has 1 fully saturated rings. The van der Waals surface area contributed by atoms with E-state index >= 15 is 0 Å². The molecule has 2 aliphatic rings. The molecule has 0 unspecified atom stereocenters. The van der Waals surface area contributed by atoms with E-state index in [1.54, 1.807) is 0 Å². The summed E-state index contributed by atoms with van der Waals surface area (Å²) in [7, 11) is 0. The fraction of sp³-hybridized carbons (Fsp3) is 0.571. The zero-order valence-corrected chi connectivity index (χ0v) is 12.5. The first-order valence-electron chi connectivity index (χ1n) is 6.89. The molecule has 0 atom stereocenters. The van der Waals surface area contributed by atoms with E-state index in [4.69, 9.17) is 9.47 Å². The summed E-state index contributed by atoms with van der Waals surface area (Å²) in [6.45, 7) is 4.37. The Kier molecular flexibility index (Phi) is 4.25. The van der Waals surface area contributed by atoms with Gasteiger partial charge in [0, 0.05) is 19.6 Å². The van der Waals surface area contributed by atoms with Crippen LogP contribution in [0, 0.1) is 0 Å². The van der Waals surface area contributed by atoms with Crippen LogP contribution in [0.15, 0.2) is 16.6 Å². The van der Waals surface area contributed by atoms with Crippen LogP contribution >= 0.6 is 15.9 Å². The number of hydrogen-bond acceptors (Lipinski definition) is 4. The second-order valence-corrected chi connectivity index (χ2v) is 5.84. The van der Waals surface area contributed by atoms with Crippen LogP contribution in [0.3, 0.4) is 0 Å². The van der Waals surface area contributed by atoms with Gasteiger partial charge >= 0.3 is 0 Å². The van der Waals surface area contributed by atoms with E-state index in [1.165, 1.54) is 24.8 Å². The Morgan fingerprint density at radius 2 is 1.89 bits per heavy atom. The first-order chi connectivity index (χ1) is 9.33. The van der Waals surface area contributed by atoms with Crippen LogP contribution in [0.4, 0.5) is 0 Å². The lowest BCUT2D eigenvalue weighted by molar-refractivity contribution is 0.150. The van der Waals surface area contributed by atoms with Gasteiger partial charge in [0.2, 0.25) is 0 Å². The highest BCUT2D eigenvalue weighted by atomic mass is 79.9. The van der Waals surface area contributed by atoms with Crippen molar-refractivity contribution in [2.24, 2.45) is 0 Å². The van der Waals surface area contributed by atoms with E-state index in [1.807, 2.05) is 0 Å². The molecule has 1 N–H and O–H groups in total. The third-order valence-corrected chi connectivity index (χ3v) is 4.11. The Labute approximate surface area is 122 Å². The number of nitrogens with zero attached hydrogens (tertiary/aromatic N) is 1. The van der Waals surface area contributed by atoms with Crippen LogP contribution in [-0.2, 0) is 6.54 Å². The second-order valence-electron chi connectivity index (χ2n) is 4.98. The molecule has 0 amide bonds. The third kappa shape index (κ3) is 3.22. The molecule has 0 aromatic heterocycles. The summed E-state index contributed by atoms with van der Waals surface area (Å²) >= 11 is 3.55. The van der Waals surface area contributed by atoms with Gasteiger partial charge in [-0.1, -0.05) is 6.42 Å². The first kappa shape index (κ1) is 13.2. The molecule has 19 heavy (non-hydrogen) atoms. The lowest BCUT2D eigenvalue weighted by Gasteiger charge is -2.27. The van der Waals surface area contributed by atoms with Gasteiger partial charge in [-0.3, -0.25) is 5.43 Å². The van der Waals surface area contributed by atoms with Crippen molar-refractivity contribution in [2.45, 2.75) is 25.8 Å². The number of rotatable bonds is 3. The topological polar surface area (TPSA) is 33.7 Å². The highest BCUT2D eigenvalue weighted by Gasteiger charge is 2.17. The minimum Gasteiger partial charge on any atom is -0.486 e. The van der Waals surface area contributed by atoms with Crippen LogP contribution in [0.25, 0.3) is 0 Å². The summed E-state index contributed by atoms with van der Waals surface area (Å²) < 4.78 is 12.2. The van der Waals surface area contributed by atoms with E-state index < -0.39 is 0 Å². The number of halogens is 1. The van der Waals surface area contributed by atoms with Gasteiger partial charge in [0.1, 0.15) is 13.2 Å². The fourth-order valence-electron chi connectivity index (χ4n) is 2.52. The van der Waals surface area contributed by atoms with Gasteiger partial charge in [0.25, 0.3) is 0 Å². The molecule has 2 heterocycles. The van der Waals surface area contributed by atoms with Gasteiger partial charge in [-0.25, -0.2) is 5.01 Å². The number of nitrogens with one attached hydrogen (secondary N) is 1. The largest absolute Gasteiger partial charge is 0.486 e. The van der Waals surface area contributed by atoms with E-state index in [2.05, 4.69) is 38.5 Å². The van der Waals surface area contributed by atoms with Gasteiger partial charge < -0.3 is 9.47 Å². The Bertz CT molecular complexity index is 447. The average molecular weight is 327 g/mol. The van der Waals surface area contributed by atoms with Crippen molar-refractivity contribution in [1.29, 1.82) is 0 Å². The van der Waals surface area contributed by atoms with Gasteiger partial charge in [-0.15, -0.1) is 0 Å². The van der Waals surface area contributed by atoms with E-state index in [0.29, 0.717) is 13.2 Å². The first-order valence-corrected chi connectivity index (χ1v) is 7.69. The van der Waals surface area contributed by atoms with E-state index in [0.717, 1.165) is 35.6 Å². The van der Waals surface area contributed by atoms with Gasteiger partial charge in [0.15, 0.2) is 11.5 Å². The van der Waals surface area contributed by atoms with Crippen LogP contribution < -0.4 is 14.9 Å². The predicted octanol–water partition coefficient (Wildman–Crippen LogP) is 2.71. The fourth-order valence-corrected chi connectivity index (χ4v) is 3.13. The monoisotopic (exact) mass is 326 g/mol. The van der Waals surface area contributed by atoms with E-state index in [-0.39, 0.29) is 0 Å². The quantitative estimate of drug-likeness (QED) is 0.926. The predicted molar refractivity (Wildman–Crippen MR) is 77.4 cm³/mol. The van der Waals surface area contributed by atoms with Crippen LogP contribution in [0.5, 0.6) is 11.5 Å². The molecule has 1 aromatic carbocycles. The number of benzene rings is 1. The molecule has 0 saturated carbocycles. The highest BCUT2D eigenvalue weighted by molar-refractivity contribution is 9.10. The van der Waals surface area contributed by atoms with Crippen molar-refractivity contribution in [3.63, 3.8) is 0 Å². The van der Waals surface area contributed by atoms with Gasteiger partial charge in [-0.05, 0) is 46.5 Å². The molecule has 0 spiro atoms. The molecule has 1 aromatic rings. The van der Waals surface area contributed by atoms with Crippen molar-refractivity contribution in [3.8, 4) is 11.5 Å². The minimum absolute atomic E-state index is 0.622. The summed E-state index contributed by atoms with van der Waals surface area (Å²) in [5, 5.41) is 2.31. The lowest BCUT2D eigenvalue weighted by Crippen LogP contribution is -2.41. The Balaban J connectivity index is 1.65. The minimum atomic E-state index is 0.622. The molecule has 0 radical (unpaired) electrons. The molecule has 5 heteroatoms. The summed E-state index contributed by atoms with van der Waals surface area (Å²) in [4.78, 5) is 0. The Morgan fingerprint density at radius 3 is 2.74 bits per heavy atom. The molecular formula is C14H19BrN2O2. The van der Waals surface area contributed by atoms with Crippen LogP contribution in [0.2, 0.25) is 0 Å². The van der Waals surface area contributed by atoms with Crippen LogP contribution in [0.1, 0.15) is 24.8 Å². The molecule has 0 bridgehead atoms. The molecule has 3 rings (SSSR count). The highest BCUT2D eigenvalue weighted by Crippen LogP contribution is 2.38. The van der Waals surface area contributed by atoms with Gasteiger partial charge in [0.05, 0.1) is 4.47 Å². The standard InChI is InChI=1S/C14H19BrN2O2/c15-12-8-11(9-13-14(12)19-7-6-18-13)10-16-17-4-2-1-3-5-17/h8-9,16H,1-7,10H2. The van der Waals surface area contributed by atoms with Crippen molar-refractivity contribution in [1.82, 2.24) is 10.4 Å². The van der Waals surface area contributed by atoms with Crippen molar-refractivity contribution < 1.29 is 9.47 Å². The average Bonchev–Trinajstić information content (AvgIpc) is 2.46. The number of piperidine rings is 1. The smallest absolute Gasteiger partial charge is 0.175 e. The summed E-state index contributed by atoms with van der Waals surface area (Å²) in [6.07, 6.45) is 3.93. The van der Waals surface area contributed by atoms with Crippen LogP contribution in [-0.4, -0.2) is 31.3 Å². The van der Waals surface area contributed by atoms with Crippen molar-refractivity contribution in [3.05, 3.63) is 22.2 Å². The normalized spacial score (nSPS) is 19.4. The maximum atomic E-state index is 5.64. The molecule has 104 valence electrons. The van der Waals surface area contributed by atoms with Crippen molar-refractivity contribution >= 4 is 15.9 Å². The Morgan fingerprint density at radius 1 is 1.11 bits per heavy atom. The SMILES string of the molecule is Brc1cc(CNN2CCCCC2)cc2c1OCCO2. The third-order valence-electron chi connectivity index (χ3n) is 3.52. The lowest BCUT2D eigenvalue weighted by atomic mass is 10.1. The summed E-state index contributed by atoms with van der Waals surface area (Å²) in [5.74, 6) is 1.67. The van der Waals surface area contributed by atoms with E-state index in [9.17, 15) is 0 Å². The Hall–Kier alpha value is -0.780. The molecule has 4 nitrogen and oxygen atoms in total.